The summed E-state index contributed by atoms with van der Waals surface area (Å²) in [5.41, 5.74) is -6.01. The SMILES string of the molecule is CC(=O)O[C@H]1C[C@](C)(O)C23OC(C)(C)C(C[C@H](OC(=O)c4ccco4)[C@]2(C)[C@H]1OC(C)=O)[C@H]3OC(C)=O. The Kier molecular flexibility index (Phi) is 6.48. The van der Waals surface area contributed by atoms with Gasteiger partial charge in [0, 0.05) is 33.1 Å². The maximum absolute atomic E-state index is 13.1. The zero-order valence-corrected chi connectivity index (χ0v) is 22.1. The highest BCUT2D eigenvalue weighted by Crippen LogP contribution is 2.68. The molecule has 1 saturated heterocycles. The predicted molar refractivity (Wildman–Crippen MR) is 124 cm³/mol. The van der Waals surface area contributed by atoms with Crippen molar-refractivity contribution < 1.29 is 52.4 Å². The number of hydrogen-bond donors (Lipinski definition) is 1. The van der Waals surface area contributed by atoms with Crippen LogP contribution in [0.3, 0.4) is 0 Å². The Bertz CT molecular complexity index is 1090. The average molecular weight is 523 g/mol. The van der Waals surface area contributed by atoms with E-state index in [0.29, 0.717) is 0 Å². The number of carbonyl (C=O) groups is 4. The lowest BCUT2D eigenvalue weighted by atomic mass is 9.47. The van der Waals surface area contributed by atoms with Gasteiger partial charge in [-0.1, -0.05) is 0 Å². The number of carbonyl (C=O) groups excluding carboxylic acids is 4. The van der Waals surface area contributed by atoms with Crippen LogP contribution in [0.2, 0.25) is 0 Å². The van der Waals surface area contributed by atoms with Crippen molar-refractivity contribution in [2.24, 2.45) is 11.3 Å². The summed E-state index contributed by atoms with van der Waals surface area (Å²) in [6.45, 7) is 10.4. The van der Waals surface area contributed by atoms with Crippen LogP contribution in [0.25, 0.3) is 0 Å². The minimum atomic E-state index is -1.79. The van der Waals surface area contributed by atoms with Gasteiger partial charge in [-0.3, -0.25) is 14.4 Å². The van der Waals surface area contributed by atoms with Crippen LogP contribution in [0.4, 0.5) is 0 Å². The van der Waals surface area contributed by atoms with Gasteiger partial charge in [0.2, 0.25) is 5.76 Å². The van der Waals surface area contributed by atoms with Gasteiger partial charge in [-0.25, -0.2) is 4.79 Å². The van der Waals surface area contributed by atoms with Gasteiger partial charge in [0.05, 0.1) is 22.9 Å². The number of aliphatic hydroxyl groups is 1. The maximum atomic E-state index is 13.1. The van der Waals surface area contributed by atoms with Gasteiger partial charge < -0.3 is 33.2 Å². The molecule has 1 spiro atoms. The summed E-state index contributed by atoms with van der Waals surface area (Å²) in [7, 11) is 0. The van der Waals surface area contributed by atoms with E-state index in [1.807, 2.05) is 0 Å². The van der Waals surface area contributed by atoms with E-state index in [1.54, 1.807) is 20.8 Å². The van der Waals surface area contributed by atoms with Crippen molar-refractivity contribution in [2.75, 3.05) is 0 Å². The van der Waals surface area contributed by atoms with E-state index >= 15 is 0 Å². The molecule has 0 aromatic carbocycles. The highest BCUT2D eigenvalue weighted by Gasteiger charge is 2.84. The monoisotopic (exact) mass is 522 g/mol. The van der Waals surface area contributed by atoms with Crippen molar-refractivity contribution in [3.05, 3.63) is 24.2 Å². The van der Waals surface area contributed by atoms with Crippen LogP contribution < -0.4 is 0 Å². The molecule has 1 aliphatic heterocycles. The summed E-state index contributed by atoms with van der Waals surface area (Å²) >= 11 is 0. The summed E-state index contributed by atoms with van der Waals surface area (Å²) in [5.74, 6) is -3.25. The van der Waals surface area contributed by atoms with Crippen molar-refractivity contribution in [2.45, 2.75) is 103 Å². The molecule has 0 radical (unpaired) electrons. The lowest BCUT2D eigenvalue weighted by Gasteiger charge is -2.65. The van der Waals surface area contributed by atoms with E-state index in [1.165, 1.54) is 46.1 Å². The van der Waals surface area contributed by atoms with E-state index in [2.05, 4.69) is 0 Å². The van der Waals surface area contributed by atoms with Gasteiger partial charge in [-0.2, -0.15) is 0 Å². The van der Waals surface area contributed by atoms with Crippen LogP contribution in [-0.4, -0.2) is 70.2 Å². The van der Waals surface area contributed by atoms with Crippen LogP contribution in [-0.2, 0) is 38.1 Å². The number of fused-ring (bicyclic) bond motifs is 1. The maximum Gasteiger partial charge on any atom is 0.374 e. The Morgan fingerprint density at radius 2 is 1.51 bits per heavy atom. The Morgan fingerprint density at radius 1 is 0.919 bits per heavy atom. The van der Waals surface area contributed by atoms with Crippen LogP contribution in [0.5, 0.6) is 0 Å². The largest absolute Gasteiger partial charge is 0.459 e. The molecule has 11 heteroatoms. The quantitative estimate of drug-likeness (QED) is 0.449. The molecular weight excluding hydrogens is 488 g/mol. The van der Waals surface area contributed by atoms with Gasteiger partial charge in [-0.05, 0) is 46.2 Å². The first-order valence-corrected chi connectivity index (χ1v) is 12.3. The van der Waals surface area contributed by atoms with Gasteiger partial charge >= 0.3 is 23.9 Å². The fourth-order valence-corrected chi connectivity index (χ4v) is 6.95. The standard InChI is InChI=1S/C26H34O11/c1-13(27)33-18-12-24(6,31)26-20(34-14(2)28)16(23(4,5)37-26)11-19(25(26,7)21(18)35-15(3)29)36-22(30)17-9-8-10-32-17/h8-10,16,18-21,31H,11-12H2,1-7H3/t16?,18-,19-,20+,21-,24-,25+,26?/m0/s1. The second-order valence-corrected chi connectivity index (χ2v) is 11.1. The lowest BCUT2D eigenvalue weighted by molar-refractivity contribution is -0.344. The third-order valence-corrected chi connectivity index (χ3v) is 8.22. The fraction of sp³-hybridized carbons (Fsp3) is 0.692. The molecule has 2 heterocycles. The Balaban J connectivity index is 1.96. The molecule has 1 aromatic rings. The molecule has 3 fully saturated rings. The smallest absolute Gasteiger partial charge is 0.374 e. The zero-order chi connectivity index (χ0) is 27.6. The van der Waals surface area contributed by atoms with Crippen LogP contribution >= 0.6 is 0 Å². The first kappa shape index (κ1) is 27.1. The first-order valence-electron chi connectivity index (χ1n) is 12.3. The third-order valence-electron chi connectivity index (χ3n) is 8.22. The van der Waals surface area contributed by atoms with Crippen molar-refractivity contribution in [1.82, 2.24) is 0 Å². The van der Waals surface area contributed by atoms with Crippen molar-refractivity contribution in [3.8, 4) is 0 Å². The van der Waals surface area contributed by atoms with E-state index < -0.39 is 76.4 Å². The molecule has 2 bridgehead atoms. The van der Waals surface area contributed by atoms with Gasteiger partial charge in [0.15, 0.2) is 6.10 Å². The summed E-state index contributed by atoms with van der Waals surface area (Å²) in [6.07, 6.45) is -3.09. The Labute approximate surface area is 214 Å². The van der Waals surface area contributed by atoms with Gasteiger partial charge in [0.25, 0.3) is 0 Å². The molecule has 8 atom stereocenters. The molecule has 204 valence electrons. The summed E-state index contributed by atoms with van der Waals surface area (Å²) in [5, 5.41) is 12.1. The second kappa shape index (κ2) is 8.83. The number of rotatable bonds is 5. The van der Waals surface area contributed by atoms with Crippen LogP contribution in [0.1, 0.15) is 71.9 Å². The average Bonchev–Trinajstić information content (AvgIpc) is 3.33. The molecule has 1 aromatic heterocycles. The summed E-state index contributed by atoms with van der Waals surface area (Å²) < 4.78 is 35.1. The number of hydrogen-bond acceptors (Lipinski definition) is 11. The minimum Gasteiger partial charge on any atom is -0.459 e. The van der Waals surface area contributed by atoms with Crippen molar-refractivity contribution >= 4 is 23.9 Å². The van der Waals surface area contributed by atoms with E-state index in [9.17, 15) is 24.3 Å². The van der Waals surface area contributed by atoms with Crippen LogP contribution in [0.15, 0.2) is 22.8 Å². The normalized spacial score (nSPS) is 39.7. The lowest BCUT2D eigenvalue weighted by Crippen LogP contribution is -2.81. The molecule has 4 rings (SSSR count). The predicted octanol–water partition coefficient (Wildman–Crippen LogP) is 2.33. The topological polar surface area (TPSA) is 148 Å². The fourth-order valence-electron chi connectivity index (χ4n) is 6.95. The van der Waals surface area contributed by atoms with Gasteiger partial charge in [0.1, 0.15) is 23.9 Å². The molecule has 3 aliphatic rings. The molecule has 1 N–H and O–H groups in total. The molecule has 37 heavy (non-hydrogen) atoms. The highest BCUT2D eigenvalue weighted by molar-refractivity contribution is 5.86. The number of esters is 4. The minimum absolute atomic E-state index is 0.0459. The number of furan rings is 1. The number of ether oxygens (including phenoxy) is 5. The highest BCUT2D eigenvalue weighted by atomic mass is 16.6. The zero-order valence-electron chi connectivity index (χ0n) is 22.1. The van der Waals surface area contributed by atoms with E-state index in [4.69, 9.17) is 28.1 Å². The summed E-state index contributed by atoms with van der Waals surface area (Å²) in [6, 6.07) is 2.99. The molecular formula is C26H34O11. The third kappa shape index (κ3) is 4.03. The Morgan fingerprint density at radius 3 is 2.05 bits per heavy atom. The van der Waals surface area contributed by atoms with Crippen molar-refractivity contribution in [3.63, 3.8) is 0 Å². The van der Waals surface area contributed by atoms with E-state index in [0.717, 1.165) is 0 Å². The summed E-state index contributed by atoms with van der Waals surface area (Å²) in [4.78, 5) is 49.8. The molecule has 2 aliphatic carbocycles. The van der Waals surface area contributed by atoms with Crippen molar-refractivity contribution in [1.29, 1.82) is 0 Å². The second-order valence-electron chi connectivity index (χ2n) is 11.1. The van der Waals surface area contributed by atoms with Crippen LogP contribution in [0, 0.1) is 11.3 Å². The Hall–Kier alpha value is -2.92. The first-order chi connectivity index (χ1) is 17.1. The molecule has 2 unspecified atom stereocenters. The molecule has 0 amide bonds. The molecule has 2 saturated carbocycles. The molecule has 11 nitrogen and oxygen atoms in total. The van der Waals surface area contributed by atoms with Gasteiger partial charge in [-0.15, -0.1) is 0 Å². The van der Waals surface area contributed by atoms with E-state index in [-0.39, 0.29) is 18.6 Å².